The molecule has 0 aliphatic carbocycles. The maximum absolute atomic E-state index is 12.3. The first-order valence-corrected chi connectivity index (χ1v) is 8.30. The van der Waals surface area contributed by atoms with E-state index >= 15 is 0 Å². The van der Waals surface area contributed by atoms with Crippen LogP contribution < -0.4 is 4.74 Å². The number of benzene rings is 1. The van der Waals surface area contributed by atoms with Gasteiger partial charge in [0.15, 0.2) is 11.5 Å². The van der Waals surface area contributed by atoms with Crippen molar-refractivity contribution in [1.82, 2.24) is 4.98 Å². The van der Waals surface area contributed by atoms with Crippen molar-refractivity contribution in [2.75, 3.05) is 13.2 Å². The molecular formula is C19H23NO4. The van der Waals surface area contributed by atoms with Crippen molar-refractivity contribution in [3.05, 3.63) is 35.0 Å². The Balaban J connectivity index is 2.62. The zero-order valence-electron chi connectivity index (χ0n) is 14.6. The van der Waals surface area contributed by atoms with Gasteiger partial charge in [-0.3, -0.25) is 4.79 Å². The van der Waals surface area contributed by atoms with E-state index in [1.165, 1.54) is 0 Å². The molecule has 0 radical (unpaired) electrons. The topological polar surface area (TPSA) is 65.5 Å². The lowest BCUT2D eigenvalue weighted by molar-refractivity contribution is 0.0519. The first kappa shape index (κ1) is 17.9. The molecule has 1 heterocycles. The van der Waals surface area contributed by atoms with Gasteiger partial charge >= 0.3 is 5.97 Å². The molecule has 1 aromatic heterocycles. The van der Waals surface area contributed by atoms with E-state index < -0.39 is 5.97 Å². The zero-order chi connectivity index (χ0) is 17.7. The Labute approximate surface area is 142 Å². The number of hydrogen-bond acceptors (Lipinski definition) is 5. The molecule has 0 N–H and O–H groups in total. The highest BCUT2D eigenvalue weighted by molar-refractivity contribution is 6.03. The number of hydrogen-bond donors (Lipinski definition) is 0. The van der Waals surface area contributed by atoms with Crippen molar-refractivity contribution < 1.29 is 19.1 Å². The van der Waals surface area contributed by atoms with Gasteiger partial charge in [-0.1, -0.05) is 6.92 Å². The minimum atomic E-state index is -0.482. The summed E-state index contributed by atoms with van der Waals surface area (Å²) in [5.41, 5.74) is 2.35. The van der Waals surface area contributed by atoms with Crippen molar-refractivity contribution >= 4 is 22.7 Å². The standard InChI is InChI=1S/C19H23NO4/c1-5-8-17(21)13-10-14-15(9-12(13)4)20-16(19(22)24-7-3)11-18(14)23-6-2/h9-11H,5-8H2,1-4H3. The minimum absolute atomic E-state index is 0.105. The number of Topliss-reactive ketones (excluding diaryl/α,β-unsaturated/α-hetero) is 1. The van der Waals surface area contributed by atoms with Crippen LogP contribution in [0, 0.1) is 6.92 Å². The van der Waals surface area contributed by atoms with Gasteiger partial charge in [-0.2, -0.15) is 0 Å². The predicted molar refractivity (Wildman–Crippen MR) is 92.8 cm³/mol. The molecule has 0 saturated carbocycles. The van der Waals surface area contributed by atoms with E-state index in [-0.39, 0.29) is 18.1 Å². The number of pyridine rings is 1. The molecule has 2 rings (SSSR count). The van der Waals surface area contributed by atoms with Gasteiger partial charge in [-0.25, -0.2) is 9.78 Å². The van der Waals surface area contributed by atoms with E-state index in [4.69, 9.17) is 9.47 Å². The van der Waals surface area contributed by atoms with E-state index in [1.54, 1.807) is 13.0 Å². The summed E-state index contributed by atoms with van der Waals surface area (Å²) in [4.78, 5) is 28.7. The lowest BCUT2D eigenvalue weighted by Crippen LogP contribution is -2.09. The SMILES string of the molecule is CCCC(=O)c1cc2c(OCC)cc(C(=O)OCC)nc2cc1C. The Morgan fingerprint density at radius 1 is 1.08 bits per heavy atom. The van der Waals surface area contributed by atoms with Crippen LogP contribution in [0.1, 0.15) is 60.0 Å². The molecule has 0 aliphatic heterocycles. The summed E-state index contributed by atoms with van der Waals surface area (Å²) in [5, 5.41) is 0.731. The molecule has 0 atom stereocenters. The van der Waals surface area contributed by atoms with E-state index in [9.17, 15) is 9.59 Å². The van der Waals surface area contributed by atoms with Gasteiger partial charge in [0.05, 0.1) is 18.7 Å². The number of rotatable bonds is 7. The van der Waals surface area contributed by atoms with E-state index in [0.717, 1.165) is 17.4 Å². The van der Waals surface area contributed by atoms with Crippen LogP contribution in [0.25, 0.3) is 10.9 Å². The average molecular weight is 329 g/mol. The van der Waals surface area contributed by atoms with Gasteiger partial charge in [0.2, 0.25) is 0 Å². The van der Waals surface area contributed by atoms with E-state index in [1.807, 2.05) is 32.9 Å². The fourth-order valence-electron chi connectivity index (χ4n) is 2.59. The van der Waals surface area contributed by atoms with Gasteiger partial charge in [-0.05, 0) is 44.9 Å². The Kier molecular flexibility index (Phi) is 5.90. The smallest absolute Gasteiger partial charge is 0.357 e. The third-order valence-electron chi connectivity index (χ3n) is 3.68. The third kappa shape index (κ3) is 3.72. The van der Waals surface area contributed by atoms with Crippen molar-refractivity contribution in [2.45, 2.75) is 40.5 Å². The number of fused-ring (bicyclic) bond motifs is 1. The summed E-state index contributed by atoms with van der Waals surface area (Å²) in [6, 6.07) is 5.21. The number of carbonyl (C=O) groups excluding carboxylic acids is 2. The van der Waals surface area contributed by atoms with Gasteiger partial charge in [0.25, 0.3) is 0 Å². The molecular weight excluding hydrogens is 306 g/mol. The van der Waals surface area contributed by atoms with Crippen molar-refractivity contribution in [2.24, 2.45) is 0 Å². The summed E-state index contributed by atoms with van der Waals surface area (Å²) >= 11 is 0. The number of ether oxygens (including phenoxy) is 2. The molecule has 0 unspecified atom stereocenters. The van der Waals surface area contributed by atoms with Crippen molar-refractivity contribution in [1.29, 1.82) is 0 Å². The summed E-state index contributed by atoms with van der Waals surface area (Å²) in [5.74, 6) is 0.161. The first-order chi connectivity index (χ1) is 11.5. The number of aromatic nitrogens is 1. The molecule has 0 amide bonds. The van der Waals surface area contributed by atoms with Crippen molar-refractivity contribution in [3.63, 3.8) is 0 Å². The fourth-order valence-corrected chi connectivity index (χ4v) is 2.59. The summed E-state index contributed by atoms with van der Waals surface area (Å²) in [6.45, 7) is 8.21. The average Bonchev–Trinajstić information content (AvgIpc) is 2.54. The largest absolute Gasteiger partial charge is 0.493 e. The predicted octanol–water partition coefficient (Wildman–Crippen LogP) is 4.10. The number of carbonyl (C=O) groups is 2. The van der Waals surface area contributed by atoms with Gasteiger partial charge in [0, 0.05) is 23.4 Å². The van der Waals surface area contributed by atoms with Gasteiger partial charge < -0.3 is 9.47 Å². The number of esters is 1. The normalized spacial score (nSPS) is 10.7. The maximum Gasteiger partial charge on any atom is 0.357 e. The highest BCUT2D eigenvalue weighted by Crippen LogP contribution is 2.29. The van der Waals surface area contributed by atoms with Gasteiger partial charge in [0.1, 0.15) is 5.75 Å². The molecule has 2 aromatic rings. The Hall–Kier alpha value is -2.43. The van der Waals surface area contributed by atoms with Crippen LogP contribution in [0.4, 0.5) is 0 Å². The Morgan fingerprint density at radius 2 is 1.83 bits per heavy atom. The molecule has 24 heavy (non-hydrogen) atoms. The van der Waals surface area contributed by atoms with Crippen LogP contribution in [-0.4, -0.2) is 30.0 Å². The quantitative estimate of drug-likeness (QED) is 0.565. The van der Waals surface area contributed by atoms with Crippen LogP contribution in [0.15, 0.2) is 18.2 Å². The monoisotopic (exact) mass is 329 g/mol. The molecule has 0 aliphatic rings. The zero-order valence-corrected chi connectivity index (χ0v) is 14.6. The summed E-state index contributed by atoms with van der Waals surface area (Å²) in [6.07, 6.45) is 1.30. The fraction of sp³-hybridized carbons (Fsp3) is 0.421. The molecule has 0 saturated heterocycles. The Bertz CT molecular complexity index is 768. The molecule has 0 fully saturated rings. The van der Waals surface area contributed by atoms with E-state index in [0.29, 0.717) is 29.9 Å². The highest BCUT2D eigenvalue weighted by atomic mass is 16.5. The Morgan fingerprint density at radius 3 is 2.46 bits per heavy atom. The lowest BCUT2D eigenvalue weighted by atomic mass is 9.98. The minimum Gasteiger partial charge on any atom is -0.493 e. The second-order valence-corrected chi connectivity index (χ2v) is 5.52. The number of nitrogens with zero attached hydrogens (tertiary/aromatic N) is 1. The second-order valence-electron chi connectivity index (χ2n) is 5.52. The van der Waals surface area contributed by atoms with Crippen LogP contribution in [0.3, 0.4) is 0 Å². The lowest BCUT2D eigenvalue weighted by Gasteiger charge is -2.12. The van der Waals surface area contributed by atoms with Crippen LogP contribution >= 0.6 is 0 Å². The highest BCUT2D eigenvalue weighted by Gasteiger charge is 2.17. The third-order valence-corrected chi connectivity index (χ3v) is 3.68. The number of ketones is 1. The summed E-state index contributed by atoms with van der Waals surface area (Å²) in [7, 11) is 0. The van der Waals surface area contributed by atoms with E-state index in [2.05, 4.69) is 4.98 Å². The van der Waals surface area contributed by atoms with Gasteiger partial charge in [-0.15, -0.1) is 0 Å². The van der Waals surface area contributed by atoms with Crippen LogP contribution in [0.2, 0.25) is 0 Å². The maximum atomic E-state index is 12.3. The molecule has 1 aromatic carbocycles. The molecule has 0 bridgehead atoms. The molecule has 5 nitrogen and oxygen atoms in total. The van der Waals surface area contributed by atoms with Crippen LogP contribution in [0.5, 0.6) is 5.75 Å². The molecule has 5 heteroatoms. The van der Waals surface area contributed by atoms with Crippen molar-refractivity contribution in [3.8, 4) is 5.75 Å². The van der Waals surface area contributed by atoms with Crippen LogP contribution in [-0.2, 0) is 4.74 Å². The first-order valence-electron chi connectivity index (χ1n) is 8.30. The molecule has 0 spiro atoms. The molecule has 128 valence electrons. The summed E-state index contributed by atoms with van der Waals surface area (Å²) < 4.78 is 10.7. The number of aryl methyl sites for hydroxylation is 1. The second kappa shape index (κ2) is 7.90.